The molecule has 0 saturated carbocycles. The van der Waals surface area contributed by atoms with Crippen LogP contribution in [0, 0.1) is 0 Å². The lowest BCUT2D eigenvalue weighted by Crippen LogP contribution is -2.10. The van der Waals surface area contributed by atoms with Crippen molar-refractivity contribution in [2.75, 3.05) is 4.90 Å². The molecule has 0 fully saturated rings. The quantitative estimate of drug-likeness (QED) is 0.175. The molecule has 3 heteroatoms. The Balaban J connectivity index is 1.01. The summed E-state index contributed by atoms with van der Waals surface area (Å²) in [4.78, 5) is 6.99. The molecule has 3 nitrogen and oxygen atoms in total. The van der Waals surface area contributed by atoms with Gasteiger partial charge in [0.2, 0.25) is 5.89 Å². The fourth-order valence-electron chi connectivity index (χ4n) is 6.61. The molecule has 0 bridgehead atoms. The van der Waals surface area contributed by atoms with Crippen LogP contribution in [0.3, 0.4) is 0 Å². The summed E-state index contributed by atoms with van der Waals surface area (Å²) in [7, 11) is 0. The summed E-state index contributed by atoms with van der Waals surface area (Å²) >= 11 is 0. The Morgan fingerprint density at radius 1 is 0.396 bits per heavy atom. The second-order valence-electron chi connectivity index (χ2n) is 12.1. The minimum absolute atomic E-state index is 0.640. The number of aromatic nitrogens is 1. The van der Waals surface area contributed by atoms with Crippen LogP contribution in [-0.4, -0.2) is 4.98 Å². The van der Waals surface area contributed by atoms with Gasteiger partial charge in [-0.1, -0.05) is 115 Å². The Hall–Kier alpha value is -6.45. The molecule has 8 aromatic carbocycles. The van der Waals surface area contributed by atoms with Crippen molar-refractivity contribution in [3.63, 3.8) is 0 Å². The lowest BCUT2D eigenvalue weighted by Gasteiger charge is -2.27. The smallest absolute Gasteiger partial charge is 0.227 e. The zero-order valence-corrected chi connectivity index (χ0v) is 26.1. The van der Waals surface area contributed by atoms with Crippen LogP contribution >= 0.6 is 0 Å². The van der Waals surface area contributed by atoms with Crippen molar-refractivity contribution < 1.29 is 4.42 Å². The van der Waals surface area contributed by atoms with Gasteiger partial charge >= 0.3 is 0 Å². The van der Waals surface area contributed by atoms with Crippen LogP contribution in [-0.2, 0) is 0 Å². The third-order valence-electron chi connectivity index (χ3n) is 9.08. The first-order valence-corrected chi connectivity index (χ1v) is 16.2. The first-order chi connectivity index (χ1) is 23.8. The van der Waals surface area contributed by atoms with Crippen molar-refractivity contribution in [2.45, 2.75) is 0 Å². The molecule has 0 radical (unpaired) electrons. The molecule has 0 aliphatic rings. The van der Waals surface area contributed by atoms with Crippen LogP contribution in [0.4, 0.5) is 17.1 Å². The van der Waals surface area contributed by atoms with Crippen LogP contribution in [0.1, 0.15) is 0 Å². The summed E-state index contributed by atoms with van der Waals surface area (Å²) < 4.78 is 5.96. The summed E-state index contributed by atoms with van der Waals surface area (Å²) in [6, 6.07) is 64.3. The van der Waals surface area contributed by atoms with Gasteiger partial charge in [-0.25, -0.2) is 4.98 Å². The van der Waals surface area contributed by atoms with E-state index >= 15 is 0 Å². The van der Waals surface area contributed by atoms with Gasteiger partial charge in [0.05, 0.1) is 5.69 Å². The van der Waals surface area contributed by atoms with Crippen molar-refractivity contribution in [2.24, 2.45) is 0 Å². The van der Waals surface area contributed by atoms with Gasteiger partial charge in [-0.2, -0.15) is 0 Å². The summed E-state index contributed by atoms with van der Waals surface area (Å²) in [5.74, 6) is 0.640. The van der Waals surface area contributed by atoms with E-state index in [0.717, 1.165) is 39.3 Å². The van der Waals surface area contributed by atoms with Gasteiger partial charge in [-0.15, -0.1) is 0 Å². The highest BCUT2D eigenvalue weighted by molar-refractivity contribution is 6.06. The molecule has 48 heavy (non-hydrogen) atoms. The van der Waals surface area contributed by atoms with E-state index < -0.39 is 0 Å². The minimum atomic E-state index is 0.640. The predicted molar refractivity (Wildman–Crippen MR) is 200 cm³/mol. The monoisotopic (exact) mass is 614 g/mol. The number of hydrogen-bond acceptors (Lipinski definition) is 3. The number of para-hydroxylation sites is 3. The minimum Gasteiger partial charge on any atom is -0.436 e. The number of benzene rings is 8. The maximum atomic E-state index is 5.96. The molecule has 0 spiro atoms. The molecule has 226 valence electrons. The van der Waals surface area contributed by atoms with Gasteiger partial charge in [-0.05, 0) is 105 Å². The van der Waals surface area contributed by atoms with E-state index in [9.17, 15) is 0 Å². The van der Waals surface area contributed by atoms with Gasteiger partial charge in [-0.3, -0.25) is 0 Å². The van der Waals surface area contributed by atoms with Crippen molar-refractivity contribution in [3.8, 4) is 33.7 Å². The Morgan fingerprint density at radius 2 is 0.917 bits per heavy atom. The Labute approximate surface area is 279 Å². The van der Waals surface area contributed by atoms with E-state index in [2.05, 4.69) is 168 Å². The van der Waals surface area contributed by atoms with Gasteiger partial charge in [0.25, 0.3) is 0 Å². The molecule has 0 N–H and O–H groups in total. The number of anilines is 3. The van der Waals surface area contributed by atoms with Crippen LogP contribution < -0.4 is 4.90 Å². The van der Waals surface area contributed by atoms with Crippen LogP contribution in [0.2, 0.25) is 0 Å². The maximum Gasteiger partial charge on any atom is 0.227 e. The number of nitrogens with zero attached hydrogens (tertiary/aromatic N) is 2. The molecule has 0 aliphatic heterocycles. The van der Waals surface area contributed by atoms with Crippen molar-refractivity contribution in [1.82, 2.24) is 4.98 Å². The first kappa shape index (κ1) is 27.8. The van der Waals surface area contributed by atoms with Crippen molar-refractivity contribution in [3.05, 3.63) is 182 Å². The molecular weight excluding hydrogens is 585 g/mol. The fourth-order valence-corrected chi connectivity index (χ4v) is 6.61. The van der Waals surface area contributed by atoms with E-state index in [1.807, 2.05) is 24.3 Å². The Kier molecular flexibility index (Phi) is 6.80. The largest absolute Gasteiger partial charge is 0.436 e. The number of rotatable bonds is 6. The molecule has 0 saturated heterocycles. The van der Waals surface area contributed by atoms with Crippen molar-refractivity contribution in [1.29, 1.82) is 0 Å². The molecule has 0 unspecified atom stereocenters. The predicted octanol–water partition coefficient (Wildman–Crippen LogP) is 12.6. The number of oxazole rings is 1. The highest BCUT2D eigenvalue weighted by atomic mass is 16.3. The number of hydrogen-bond donors (Lipinski definition) is 0. The van der Waals surface area contributed by atoms with E-state index in [1.54, 1.807) is 0 Å². The van der Waals surface area contributed by atoms with Crippen LogP contribution in [0.25, 0.3) is 66.4 Å². The van der Waals surface area contributed by atoms with E-state index in [1.165, 1.54) is 38.2 Å². The van der Waals surface area contributed by atoms with Crippen molar-refractivity contribution >= 4 is 49.7 Å². The highest BCUT2D eigenvalue weighted by Crippen LogP contribution is 2.40. The summed E-state index contributed by atoms with van der Waals surface area (Å²) in [5, 5.41) is 4.94. The first-order valence-electron chi connectivity index (χ1n) is 16.2. The second-order valence-corrected chi connectivity index (χ2v) is 12.1. The molecule has 0 aliphatic carbocycles. The normalized spacial score (nSPS) is 11.3. The standard InChI is InChI=1S/C45H30N2O/c1-2-12-39(13-3-1)47(43-15-8-11-38-29-36-9-4-5-10-37(36)30-41(38)43)40-27-25-34(26-28-40)32-19-17-31(18-20-32)33-21-23-35(24-22-33)45-46-42-14-6-7-16-44(42)48-45/h1-30H. The van der Waals surface area contributed by atoms with E-state index in [0.29, 0.717) is 5.89 Å². The van der Waals surface area contributed by atoms with E-state index in [-0.39, 0.29) is 0 Å². The fraction of sp³-hybridized carbons (Fsp3) is 0. The molecule has 1 heterocycles. The third-order valence-corrected chi connectivity index (χ3v) is 9.08. The molecular formula is C45H30N2O. The third kappa shape index (κ3) is 5.08. The van der Waals surface area contributed by atoms with Crippen LogP contribution in [0.5, 0.6) is 0 Å². The lowest BCUT2D eigenvalue weighted by atomic mass is 9.99. The SMILES string of the molecule is c1ccc(N(c2ccc(-c3ccc(-c4ccc(-c5nc6ccccc6o5)cc4)cc3)cc2)c2cccc3cc4ccccc4cc23)cc1. The summed E-state index contributed by atoms with van der Waals surface area (Å²) in [5.41, 5.74) is 10.7. The lowest BCUT2D eigenvalue weighted by molar-refractivity contribution is 0.620. The van der Waals surface area contributed by atoms with E-state index in [4.69, 9.17) is 4.42 Å². The van der Waals surface area contributed by atoms with Crippen LogP contribution in [0.15, 0.2) is 186 Å². The Morgan fingerprint density at radius 3 is 1.58 bits per heavy atom. The molecule has 1 aromatic heterocycles. The second kappa shape index (κ2) is 11.7. The van der Waals surface area contributed by atoms with Gasteiger partial charge in [0, 0.05) is 22.3 Å². The maximum absolute atomic E-state index is 5.96. The molecule has 9 rings (SSSR count). The molecule has 9 aromatic rings. The average Bonchev–Trinajstić information content (AvgIpc) is 3.60. The molecule has 0 amide bonds. The topological polar surface area (TPSA) is 29.3 Å². The summed E-state index contributed by atoms with van der Waals surface area (Å²) in [6.45, 7) is 0. The Bertz CT molecular complexity index is 2500. The number of fused-ring (bicyclic) bond motifs is 3. The van der Waals surface area contributed by atoms with Gasteiger partial charge in [0.15, 0.2) is 5.58 Å². The van der Waals surface area contributed by atoms with Gasteiger partial charge in [0.1, 0.15) is 5.52 Å². The van der Waals surface area contributed by atoms with Gasteiger partial charge < -0.3 is 9.32 Å². The highest BCUT2D eigenvalue weighted by Gasteiger charge is 2.16. The molecule has 0 atom stereocenters. The zero-order chi connectivity index (χ0) is 31.9. The average molecular weight is 615 g/mol. The summed E-state index contributed by atoms with van der Waals surface area (Å²) in [6.07, 6.45) is 0. The zero-order valence-electron chi connectivity index (χ0n) is 26.1.